The van der Waals surface area contributed by atoms with Gasteiger partial charge in [0, 0.05) is 24.0 Å². The van der Waals surface area contributed by atoms with E-state index in [2.05, 4.69) is 24.1 Å². The van der Waals surface area contributed by atoms with E-state index in [9.17, 15) is 9.18 Å². The molecule has 0 saturated heterocycles. The van der Waals surface area contributed by atoms with Crippen LogP contribution in [0.4, 0.5) is 10.3 Å². The van der Waals surface area contributed by atoms with E-state index in [-0.39, 0.29) is 30.7 Å². The molecule has 1 aromatic heterocycles. The van der Waals surface area contributed by atoms with Crippen molar-refractivity contribution in [1.29, 1.82) is 0 Å². The zero-order valence-corrected chi connectivity index (χ0v) is 16.7. The Bertz CT molecular complexity index is 986. The summed E-state index contributed by atoms with van der Waals surface area (Å²) in [4.78, 5) is 17.0. The second kappa shape index (κ2) is 8.61. The molecule has 0 spiro atoms. The average Bonchev–Trinajstić information content (AvgIpc) is 2.94. The van der Waals surface area contributed by atoms with Crippen molar-refractivity contribution >= 4 is 34.5 Å². The topological polar surface area (TPSA) is 72.9 Å². The lowest BCUT2D eigenvalue weighted by Gasteiger charge is -2.22. The molecule has 148 valence electrons. The first-order valence-electron chi connectivity index (χ1n) is 9.27. The Kier molecular flexibility index (Phi) is 6.19. The van der Waals surface area contributed by atoms with Crippen LogP contribution in [0.3, 0.4) is 0 Å². The summed E-state index contributed by atoms with van der Waals surface area (Å²) < 4.78 is 15.2. The number of carbonyl (C=O) groups excluding carboxylic acids is 1. The molecule has 3 rings (SSSR count). The zero-order valence-electron chi connectivity index (χ0n) is 16.0. The van der Waals surface area contributed by atoms with Crippen molar-refractivity contribution < 1.29 is 9.18 Å². The molecule has 0 bridgehead atoms. The number of benzene rings is 2. The lowest BCUT2D eigenvalue weighted by Crippen LogP contribution is -2.27. The van der Waals surface area contributed by atoms with Crippen molar-refractivity contribution in [2.24, 2.45) is 5.92 Å². The number of nitrogens with two attached hydrogens (primary N) is 1. The SMILES string of the molecule is CC(C)C[C@@H](CC(=O)NCc1cccc(F)c1)n1c(N)nc2cc(Cl)ccc21. The number of amides is 1. The third-order valence-electron chi connectivity index (χ3n) is 4.59. The Morgan fingerprint density at radius 1 is 1.29 bits per heavy atom. The monoisotopic (exact) mass is 402 g/mol. The average molecular weight is 403 g/mol. The number of hydrogen-bond donors (Lipinski definition) is 2. The molecular formula is C21H24ClFN4O. The van der Waals surface area contributed by atoms with Crippen LogP contribution >= 0.6 is 11.6 Å². The maximum Gasteiger partial charge on any atom is 0.222 e. The minimum Gasteiger partial charge on any atom is -0.369 e. The van der Waals surface area contributed by atoms with Gasteiger partial charge in [0.25, 0.3) is 0 Å². The molecule has 28 heavy (non-hydrogen) atoms. The van der Waals surface area contributed by atoms with Gasteiger partial charge in [-0.15, -0.1) is 0 Å². The van der Waals surface area contributed by atoms with Crippen LogP contribution in [-0.2, 0) is 11.3 Å². The maximum absolute atomic E-state index is 13.3. The molecule has 3 aromatic rings. The predicted molar refractivity (Wildman–Crippen MR) is 111 cm³/mol. The van der Waals surface area contributed by atoms with Gasteiger partial charge in [-0.1, -0.05) is 37.6 Å². The van der Waals surface area contributed by atoms with E-state index in [1.54, 1.807) is 24.3 Å². The van der Waals surface area contributed by atoms with E-state index in [1.165, 1.54) is 12.1 Å². The number of imidazole rings is 1. The summed E-state index contributed by atoms with van der Waals surface area (Å²) in [5.41, 5.74) is 8.45. The first-order chi connectivity index (χ1) is 13.3. The Balaban J connectivity index is 1.79. The smallest absolute Gasteiger partial charge is 0.222 e. The number of nitrogens with one attached hydrogen (secondary N) is 1. The second-order valence-corrected chi connectivity index (χ2v) is 7.80. The first-order valence-corrected chi connectivity index (χ1v) is 9.65. The molecule has 2 aromatic carbocycles. The fourth-order valence-corrected chi connectivity index (χ4v) is 3.60. The Morgan fingerprint density at radius 2 is 2.07 bits per heavy atom. The highest BCUT2D eigenvalue weighted by Gasteiger charge is 2.22. The highest BCUT2D eigenvalue weighted by Crippen LogP contribution is 2.30. The molecule has 0 aliphatic heterocycles. The molecule has 0 unspecified atom stereocenters. The van der Waals surface area contributed by atoms with E-state index in [0.29, 0.717) is 22.4 Å². The van der Waals surface area contributed by atoms with Gasteiger partial charge in [-0.25, -0.2) is 9.37 Å². The molecule has 1 heterocycles. The van der Waals surface area contributed by atoms with Crippen LogP contribution in [0.25, 0.3) is 11.0 Å². The quantitative estimate of drug-likeness (QED) is 0.601. The molecule has 1 atom stereocenters. The summed E-state index contributed by atoms with van der Waals surface area (Å²) in [6.07, 6.45) is 1.03. The molecule has 0 radical (unpaired) electrons. The molecule has 5 nitrogen and oxygen atoms in total. The van der Waals surface area contributed by atoms with Crippen LogP contribution in [0, 0.1) is 11.7 Å². The van der Waals surface area contributed by atoms with E-state index in [1.807, 2.05) is 10.6 Å². The van der Waals surface area contributed by atoms with E-state index in [0.717, 1.165) is 17.5 Å². The van der Waals surface area contributed by atoms with Gasteiger partial charge in [-0.2, -0.15) is 0 Å². The summed E-state index contributed by atoms with van der Waals surface area (Å²) in [6, 6.07) is 11.5. The number of nitrogen functional groups attached to an aromatic ring is 1. The van der Waals surface area contributed by atoms with Crippen LogP contribution in [0.5, 0.6) is 0 Å². The van der Waals surface area contributed by atoms with Crippen LogP contribution < -0.4 is 11.1 Å². The van der Waals surface area contributed by atoms with Crippen molar-refractivity contribution in [3.63, 3.8) is 0 Å². The molecule has 0 fully saturated rings. The minimum atomic E-state index is -0.319. The van der Waals surface area contributed by atoms with Gasteiger partial charge < -0.3 is 15.6 Å². The molecule has 0 aliphatic carbocycles. The van der Waals surface area contributed by atoms with Crippen molar-refractivity contribution in [1.82, 2.24) is 14.9 Å². The summed E-state index contributed by atoms with van der Waals surface area (Å²) in [5.74, 6) is 0.289. The number of aromatic nitrogens is 2. The van der Waals surface area contributed by atoms with E-state index in [4.69, 9.17) is 17.3 Å². The summed E-state index contributed by atoms with van der Waals surface area (Å²) in [7, 11) is 0. The lowest BCUT2D eigenvalue weighted by atomic mass is 10.00. The lowest BCUT2D eigenvalue weighted by molar-refractivity contribution is -0.122. The highest BCUT2D eigenvalue weighted by atomic mass is 35.5. The molecule has 0 aliphatic rings. The number of halogens is 2. The molecule has 3 N–H and O–H groups in total. The van der Waals surface area contributed by atoms with E-state index >= 15 is 0 Å². The Labute approximate surface area is 168 Å². The van der Waals surface area contributed by atoms with Crippen LogP contribution in [-0.4, -0.2) is 15.5 Å². The standard InChI is InChI=1S/C21H24ClFN4O/c1-13(2)8-17(11-20(28)25-12-14-4-3-5-16(23)9-14)27-19-7-6-15(22)10-18(19)26-21(27)24/h3-7,9-10,13,17H,8,11-12H2,1-2H3,(H2,24,26)(H,25,28)/t17-/m0/s1. The second-order valence-electron chi connectivity index (χ2n) is 7.37. The van der Waals surface area contributed by atoms with Gasteiger partial charge in [0.15, 0.2) is 0 Å². The van der Waals surface area contributed by atoms with Gasteiger partial charge in [0.05, 0.1) is 11.0 Å². The van der Waals surface area contributed by atoms with Gasteiger partial charge in [0.1, 0.15) is 5.82 Å². The van der Waals surface area contributed by atoms with Gasteiger partial charge in [-0.3, -0.25) is 4.79 Å². The Morgan fingerprint density at radius 3 is 2.79 bits per heavy atom. The van der Waals surface area contributed by atoms with Gasteiger partial charge in [-0.05, 0) is 48.2 Å². The number of rotatable bonds is 7. The van der Waals surface area contributed by atoms with Gasteiger partial charge in [0.2, 0.25) is 11.9 Å². The number of fused-ring (bicyclic) bond motifs is 1. The fourth-order valence-electron chi connectivity index (χ4n) is 3.43. The summed E-state index contributed by atoms with van der Waals surface area (Å²) >= 11 is 6.06. The first kappa shape index (κ1) is 20.1. The largest absolute Gasteiger partial charge is 0.369 e. The Hall–Kier alpha value is -2.60. The summed E-state index contributed by atoms with van der Waals surface area (Å²) in [5, 5.41) is 3.46. The number of anilines is 1. The predicted octanol–water partition coefficient (Wildman–Crippen LogP) is 4.70. The fraction of sp³-hybridized carbons (Fsp3) is 0.333. The number of carbonyl (C=O) groups is 1. The maximum atomic E-state index is 13.3. The molecule has 0 saturated carbocycles. The third-order valence-corrected chi connectivity index (χ3v) is 4.82. The van der Waals surface area contributed by atoms with Gasteiger partial charge >= 0.3 is 0 Å². The zero-order chi connectivity index (χ0) is 20.3. The number of nitrogens with zero attached hydrogens (tertiary/aromatic N) is 2. The van der Waals surface area contributed by atoms with Crippen molar-refractivity contribution in [2.75, 3.05) is 5.73 Å². The van der Waals surface area contributed by atoms with Crippen molar-refractivity contribution in [3.8, 4) is 0 Å². The third kappa shape index (κ3) is 4.81. The number of hydrogen-bond acceptors (Lipinski definition) is 3. The van der Waals surface area contributed by atoms with Crippen molar-refractivity contribution in [2.45, 2.75) is 39.3 Å². The van der Waals surface area contributed by atoms with Crippen molar-refractivity contribution in [3.05, 3.63) is 58.9 Å². The van der Waals surface area contributed by atoms with Crippen LogP contribution in [0.15, 0.2) is 42.5 Å². The normalized spacial score (nSPS) is 12.5. The molecule has 7 heteroatoms. The molecular weight excluding hydrogens is 379 g/mol. The minimum absolute atomic E-state index is 0.120. The van der Waals surface area contributed by atoms with Crippen LogP contribution in [0.2, 0.25) is 5.02 Å². The van der Waals surface area contributed by atoms with Crippen LogP contribution in [0.1, 0.15) is 38.3 Å². The van der Waals surface area contributed by atoms with E-state index < -0.39 is 0 Å². The summed E-state index contributed by atoms with van der Waals surface area (Å²) in [6.45, 7) is 4.48. The highest BCUT2D eigenvalue weighted by molar-refractivity contribution is 6.31. The molecule has 1 amide bonds.